The molecule has 0 bridgehead atoms. The first-order valence-electron chi connectivity index (χ1n) is 13.8. The quantitative estimate of drug-likeness (QED) is 0.625. The van der Waals surface area contributed by atoms with Gasteiger partial charge < -0.3 is 20.1 Å². The van der Waals surface area contributed by atoms with Crippen molar-refractivity contribution in [2.75, 3.05) is 39.4 Å². The Bertz CT molecular complexity index is 1010. The second-order valence-electron chi connectivity index (χ2n) is 10.4. The first kappa shape index (κ1) is 27.1. The summed E-state index contributed by atoms with van der Waals surface area (Å²) in [7, 11) is 0. The number of benzene rings is 2. The van der Waals surface area contributed by atoms with Crippen LogP contribution in [-0.2, 0) is 29.1 Å². The fraction of sp³-hybridized carbons (Fsp3) is 0.533. The molecule has 2 N–H and O–H groups in total. The van der Waals surface area contributed by atoms with E-state index in [0.29, 0.717) is 52.2 Å². The van der Waals surface area contributed by atoms with Crippen molar-refractivity contribution < 1.29 is 19.4 Å². The van der Waals surface area contributed by atoms with E-state index in [9.17, 15) is 14.7 Å². The molecule has 2 aliphatic rings. The van der Waals surface area contributed by atoms with E-state index in [4.69, 9.17) is 4.74 Å². The van der Waals surface area contributed by atoms with Crippen LogP contribution in [0.2, 0.25) is 0 Å². The normalized spacial score (nSPS) is 20.0. The zero-order valence-electron chi connectivity index (χ0n) is 21.9. The van der Waals surface area contributed by atoms with Gasteiger partial charge in [0.2, 0.25) is 11.8 Å². The number of carbonyl (C=O) groups is 2. The summed E-state index contributed by atoms with van der Waals surface area (Å²) in [4.78, 5) is 29.6. The van der Waals surface area contributed by atoms with Crippen molar-refractivity contribution in [3.05, 3.63) is 65.2 Å². The predicted molar refractivity (Wildman–Crippen MR) is 144 cm³/mol. The smallest absolute Gasteiger partial charge is 0.234 e. The van der Waals surface area contributed by atoms with Gasteiger partial charge in [0.05, 0.1) is 13.2 Å². The average Bonchev–Trinajstić information content (AvgIpc) is 2.93. The van der Waals surface area contributed by atoms with E-state index < -0.39 is 0 Å². The number of nitrogens with one attached hydrogen (secondary N) is 1. The number of fused-ring (bicyclic) bond motifs is 1. The molecule has 2 aliphatic heterocycles. The van der Waals surface area contributed by atoms with Gasteiger partial charge in [-0.05, 0) is 61.6 Å². The van der Waals surface area contributed by atoms with Gasteiger partial charge in [0.15, 0.2) is 0 Å². The van der Waals surface area contributed by atoms with Gasteiger partial charge in [0, 0.05) is 51.3 Å². The van der Waals surface area contributed by atoms with Gasteiger partial charge in [0.25, 0.3) is 0 Å². The fourth-order valence-electron chi connectivity index (χ4n) is 5.23. The monoisotopic (exact) mass is 507 g/mol. The lowest BCUT2D eigenvalue weighted by Gasteiger charge is -2.32. The number of carbonyl (C=O) groups excluding carboxylic acids is 2. The number of aryl methyl sites for hydroxylation is 1. The number of amides is 2. The number of hydrogen-bond donors (Lipinski definition) is 2. The van der Waals surface area contributed by atoms with Gasteiger partial charge in [-0.1, -0.05) is 42.5 Å². The molecule has 0 radical (unpaired) electrons. The summed E-state index contributed by atoms with van der Waals surface area (Å²) < 4.78 is 6.20. The molecule has 2 aromatic rings. The number of hydrogen-bond acceptors (Lipinski definition) is 5. The van der Waals surface area contributed by atoms with Gasteiger partial charge in [-0.2, -0.15) is 0 Å². The Hall–Kier alpha value is -2.90. The van der Waals surface area contributed by atoms with Gasteiger partial charge in [-0.3, -0.25) is 14.5 Å². The molecular formula is C30H41N3O4. The summed E-state index contributed by atoms with van der Waals surface area (Å²) in [5.41, 5.74) is 3.30. The third kappa shape index (κ3) is 8.58. The molecule has 1 fully saturated rings. The molecule has 1 atom stereocenters. The predicted octanol–water partition coefficient (Wildman–Crippen LogP) is 3.53. The van der Waals surface area contributed by atoms with Crippen LogP contribution in [0, 0.1) is 5.92 Å². The Labute approximate surface area is 220 Å². The Kier molecular flexibility index (Phi) is 10.4. The van der Waals surface area contributed by atoms with E-state index in [2.05, 4.69) is 34.5 Å². The SMILES string of the molecule is O=C1CN(Cc2ccccc2)Cc2cc(CCC(=O)N3CCCC(CO)C3)ccc2OCCCCCN1. The van der Waals surface area contributed by atoms with Crippen LogP contribution < -0.4 is 10.1 Å². The van der Waals surface area contributed by atoms with Crippen LogP contribution in [0.1, 0.15) is 55.2 Å². The van der Waals surface area contributed by atoms with E-state index in [1.54, 1.807) is 0 Å². The minimum Gasteiger partial charge on any atom is -0.493 e. The number of aliphatic hydroxyl groups excluding tert-OH is 1. The third-order valence-electron chi connectivity index (χ3n) is 7.29. The van der Waals surface area contributed by atoms with Gasteiger partial charge in [-0.15, -0.1) is 0 Å². The molecule has 0 aliphatic carbocycles. The summed E-state index contributed by atoms with van der Waals surface area (Å²) in [6, 6.07) is 16.4. The molecule has 7 nitrogen and oxygen atoms in total. The van der Waals surface area contributed by atoms with Crippen LogP contribution in [0.15, 0.2) is 48.5 Å². The number of aliphatic hydroxyl groups is 1. The van der Waals surface area contributed by atoms with Crippen LogP contribution in [0.4, 0.5) is 0 Å². The molecule has 7 heteroatoms. The first-order valence-corrected chi connectivity index (χ1v) is 13.8. The molecular weight excluding hydrogens is 466 g/mol. The first-order chi connectivity index (χ1) is 18.1. The van der Waals surface area contributed by atoms with E-state index in [-0.39, 0.29) is 24.3 Å². The van der Waals surface area contributed by atoms with Crippen molar-refractivity contribution in [2.45, 2.75) is 58.0 Å². The zero-order valence-corrected chi connectivity index (χ0v) is 21.9. The number of ether oxygens (including phenoxy) is 1. The highest BCUT2D eigenvalue weighted by atomic mass is 16.5. The molecule has 2 amide bonds. The topological polar surface area (TPSA) is 82.1 Å². The molecule has 2 aromatic carbocycles. The van der Waals surface area contributed by atoms with Crippen molar-refractivity contribution in [2.24, 2.45) is 5.92 Å². The third-order valence-corrected chi connectivity index (χ3v) is 7.29. The molecule has 0 spiro atoms. The van der Waals surface area contributed by atoms with E-state index in [0.717, 1.165) is 61.1 Å². The van der Waals surface area contributed by atoms with Crippen molar-refractivity contribution in [3.63, 3.8) is 0 Å². The highest BCUT2D eigenvalue weighted by molar-refractivity contribution is 5.78. The van der Waals surface area contributed by atoms with Crippen molar-refractivity contribution in [1.82, 2.24) is 15.1 Å². The summed E-state index contributed by atoms with van der Waals surface area (Å²) in [6.45, 7) is 4.50. The lowest BCUT2D eigenvalue weighted by Crippen LogP contribution is -2.41. The standard InChI is InChI=1S/C30H41N3O4/c34-23-26-10-7-16-33(20-26)30(36)14-12-24-11-13-28-27(18-24)21-32(19-25-8-3-1-4-9-25)22-29(35)31-15-5-2-6-17-37-28/h1,3-4,8-9,11,13,18,26,34H,2,5-7,10,12,14-17,19-23H2,(H,31,35). The Morgan fingerprint density at radius 3 is 2.73 bits per heavy atom. The summed E-state index contributed by atoms with van der Waals surface area (Å²) in [5.74, 6) is 1.25. The number of likely N-dealkylation sites (tertiary alicyclic amines) is 1. The van der Waals surface area contributed by atoms with Crippen LogP contribution >= 0.6 is 0 Å². The maximum absolute atomic E-state index is 12.9. The maximum Gasteiger partial charge on any atom is 0.234 e. The Morgan fingerprint density at radius 2 is 1.89 bits per heavy atom. The maximum atomic E-state index is 12.9. The van der Waals surface area contributed by atoms with E-state index >= 15 is 0 Å². The van der Waals surface area contributed by atoms with E-state index in [1.807, 2.05) is 29.2 Å². The van der Waals surface area contributed by atoms with Gasteiger partial charge >= 0.3 is 0 Å². The Balaban J connectivity index is 1.48. The van der Waals surface area contributed by atoms with Crippen LogP contribution in [-0.4, -0.2) is 66.1 Å². The Morgan fingerprint density at radius 1 is 1.03 bits per heavy atom. The zero-order chi connectivity index (χ0) is 25.9. The van der Waals surface area contributed by atoms with Crippen LogP contribution in [0.25, 0.3) is 0 Å². The molecule has 1 unspecified atom stereocenters. The number of piperidine rings is 1. The molecule has 0 aromatic heterocycles. The van der Waals surface area contributed by atoms with E-state index in [1.165, 1.54) is 0 Å². The van der Waals surface area contributed by atoms with Crippen molar-refractivity contribution >= 4 is 11.8 Å². The van der Waals surface area contributed by atoms with Crippen LogP contribution in [0.3, 0.4) is 0 Å². The molecule has 200 valence electrons. The highest BCUT2D eigenvalue weighted by Gasteiger charge is 2.23. The molecule has 4 rings (SSSR count). The molecule has 37 heavy (non-hydrogen) atoms. The minimum absolute atomic E-state index is 0.0436. The number of rotatable bonds is 6. The average molecular weight is 508 g/mol. The second-order valence-corrected chi connectivity index (χ2v) is 10.4. The molecule has 2 heterocycles. The van der Waals surface area contributed by atoms with Gasteiger partial charge in [0.1, 0.15) is 5.75 Å². The second kappa shape index (κ2) is 14.1. The molecule has 0 saturated carbocycles. The lowest BCUT2D eigenvalue weighted by molar-refractivity contribution is -0.133. The minimum atomic E-state index is 0.0436. The number of nitrogens with zero attached hydrogens (tertiary/aromatic N) is 2. The fourth-order valence-corrected chi connectivity index (χ4v) is 5.23. The summed E-state index contributed by atoms with van der Waals surface area (Å²) in [6.07, 6.45) is 5.96. The van der Waals surface area contributed by atoms with Crippen molar-refractivity contribution in [3.8, 4) is 5.75 Å². The highest BCUT2D eigenvalue weighted by Crippen LogP contribution is 2.25. The largest absolute Gasteiger partial charge is 0.493 e. The van der Waals surface area contributed by atoms with Gasteiger partial charge in [-0.25, -0.2) is 0 Å². The van der Waals surface area contributed by atoms with Crippen molar-refractivity contribution in [1.29, 1.82) is 0 Å². The summed E-state index contributed by atoms with van der Waals surface area (Å²) in [5, 5.41) is 12.6. The summed E-state index contributed by atoms with van der Waals surface area (Å²) >= 11 is 0. The molecule has 1 saturated heterocycles. The van der Waals surface area contributed by atoms with Crippen LogP contribution in [0.5, 0.6) is 5.75 Å². The lowest BCUT2D eigenvalue weighted by atomic mass is 9.98.